The summed E-state index contributed by atoms with van der Waals surface area (Å²) in [6.45, 7) is 0.101. The molecule has 5 nitrogen and oxygen atoms in total. The number of para-hydroxylation sites is 1. The van der Waals surface area contributed by atoms with Crippen molar-refractivity contribution in [2.45, 2.75) is 50.8 Å². The summed E-state index contributed by atoms with van der Waals surface area (Å²) in [6, 6.07) is 7.02. The third-order valence-electron chi connectivity index (χ3n) is 4.84. The highest BCUT2D eigenvalue weighted by atomic mass is 19.1. The molecule has 6 heteroatoms. The van der Waals surface area contributed by atoms with Crippen LogP contribution in [0.2, 0.25) is 0 Å². The smallest absolute Gasteiger partial charge is 0.243 e. The minimum Gasteiger partial charge on any atom is -0.482 e. The Kier molecular flexibility index (Phi) is 3.99. The Morgan fingerprint density at radius 3 is 3.00 bits per heavy atom. The molecular weight excluding hydrogens is 297 g/mol. The summed E-state index contributed by atoms with van der Waals surface area (Å²) in [4.78, 5) is 4.41. The first kappa shape index (κ1) is 14.6. The zero-order valence-electron chi connectivity index (χ0n) is 12.9. The van der Waals surface area contributed by atoms with Crippen LogP contribution in [0.1, 0.15) is 49.9 Å². The molecule has 3 atom stereocenters. The van der Waals surface area contributed by atoms with Gasteiger partial charge < -0.3 is 14.6 Å². The highest BCUT2D eigenvalue weighted by molar-refractivity contribution is 5.23. The normalized spacial score (nSPS) is 26.9. The van der Waals surface area contributed by atoms with E-state index in [1.54, 1.807) is 18.2 Å². The van der Waals surface area contributed by atoms with Crippen LogP contribution in [-0.2, 0) is 6.61 Å². The fourth-order valence-electron chi connectivity index (χ4n) is 3.68. The largest absolute Gasteiger partial charge is 0.482 e. The van der Waals surface area contributed by atoms with E-state index in [1.807, 2.05) is 0 Å². The van der Waals surface area contributed by atoms with Crippen LogP contribution in [0.4, 0.5) is 4.39 Å². The topological polar surface area (TPSA) is 60.2 Å². The van der Waals surface area contributed by atoms with Crippen molar-refractivity contribution in [3.05, 3.63) is 41.8 Å². The van der Waals surface area contributed by atoms with Crippen molar-refractivity contribution in [1.82, 2.24) is 15.5 Å². The van der Waals surface area contributed by atoms with E-state index in [0.29, 0.717) is 17.8 Å². The number of ether oxygens (including phenoxy) is 1. The molecule has 2 fully saturated rings. The number of rotatable bonds is 4. The summed E-state index contributed by atoms with van der Waals surface area (Å²) < 4.78 is 24.3. The van der Waals surface area contributed by atoms with Crippen LogP contribution in [0.5, 0.6) is 5.75 Å². The van der Waals surface area contributed by atoms with Crippen LogP contribution in [0.3, 0.4) is 0 Å². The van der Waals surface area contributed by atoms with Gasteiger partial charge in [-0.25, -0.2) is 4.39 Å². The van der Waals surface area contributed by atoms with Gasteiger partial charge in [0.15, 0.2) is 18.2 Å². The van der Waals surface area contributed by atoms with E-state index in [2.05, 4.69) is 15.5 Å². The lowest BCUT2D eigenvalue weighted by molar-refractivity contribution is 0.271. The molecule has 122 valence electrons. The maximum Gasteiger partial charge on any atom is 0.243 e. The van der Waals surface area contributed by atoms with E-state index in [-0.39, 0.29) is 18.4 Å². The first-order valence-electron chi connectivity index (χ1n) is 8.25. The summed E-state index contributed by atoms with van der Waals surface area (Å²) in [6.07, 6.45) is 6.19. The van der Waals surface area contributed by atoms with Gasteiger partial charge in [0.1, 0.15) is 0 Å². The van der Waals surface area contributed by atoms with Gasteiger partial charge in [-0.2, -0.15) is 4.98 Å². The van der Waals surface area contributed by atoms with Gasteiger partial charge in [-0.3, -0.25) is 0 Å². The third kappa shape index (κ3) is 3.08. The van der Waals surface area contributed by atoms with Crippen molar-refractivity contribution >= 4 is 0 Å². The quantitative estimate of drug-likeness (QED) is 0.936. The zero-order valence-corrected chi connectivity index (χ0v) is 12.9. The van der Waals surface area contributed by atoms with Gasteiger partial charge in [0.25, 0.3) is 0 Å². The van der Waals surface area contributed by atoms with Gasteiger partial charge >= 0.3 is 0 Å². The molecular formula is C17H20FN3O2. The number of nitrogens with one attached hydrogen (secondary N) is 1. The Bertz CT molecular complexity index is 661. The molecule has 0 amide bonds. The van der Waals surface area contributed by atoms with Crippen molar-refractivity contribution in [1.29, 1.82) is 0 Å². The highest BCUT2D eigenvalue weighted by Gasteiger charge is 2.38. The first-order chi connectivity index (χ1) is 11.3. The summed E-state index contributed by atoms with van der Waals surface area (Å²) in [5.74, 6) is 1.59. The Balaban J connectivity index is 1.38. The lowest BCUT2D eigenvalue weighted by Crippen LogP contribution is -2.30. The first-order valence-corrected chi connectivity index (χ1v) is 8.25. The molecule has 1 aromatic carbocycles. The fraction of sp³-hybridized carbons (Fsp3) is 0.529. The van der Waals surface area contributed by atoms with E-state index in [9.17, 15) is 4.39 Å². The van der Waals surface area contributed by atoms with Crippen LogP contribution in [0, 0.1) is 11.7 Å². The maximum absolute atomic E-state index is 13.5. The number of fused-ring (bicyclic) bond motifs is 1. The Morgan fingerprint density at radius 1 is 1.26 bits per heavy atom. The molecule has 1 N–H and O–H groups in total. The van der Waals surface area contributed by atoms with Crippen LogP contribution < -0.4 is 10.1 Å². The zero-order chi connectivity index (χ0) is 15.6. The molecule has 4 rings (SSSR count). The second-order valence-corrected chi connectivity index (χ2v) is 6.37. The fourth-order valence-corrected chi connectivity index (χ4v) is 3.68. The van der Waals surface area contributed by atoms with Gasteiger partial charge in [0, 0.05) is 6.04 Å². The number of hydrogen-bond donors (Lipinski definition) is 1. The Labute approximate surface area is 134 Å². The number of halogens is 1. The molecule has 1 aliphatic carbocycles. The summed E-state index contributed by atoms with van der Waals surface area (Å²) in [5, 5.41) is 7.56. The van der Waals surface area contributed by atoms with Gasteiger partial charge in [-0.1, -0.05) is 30.1 Å². The molecule has 2 heterocycles. The number of nitrogens with zero attached hydrogens (tertiary/aromatic N) is 2. The van der Waals surface area contributed by atoms with Gasteiger partial charge in [-0.15, -0.1) is 0 Å². The number of benzene rings is 1. The van der Waals surface area contributed by atoms with Gasteiger partial charge in [0.2, 0.25) is 11.7 Å². The molecule has 1 saturated heterocycles. The highest BCUT2D eigenvalue weighted by Crippen LogP contribution is 2.38. The second kappa shape index (κ2) is 6.28. The van der Waals surface area contributed by atoms with Crippen LogP contribution in [0.15, 0.2) is 28.8 Å². The standard InChI is InChI=1S/C17H20FN3O2/c18-12-6-2-4-8-15(12)22-10-16-20-17(23-21-16)14-9-11-5-1-3-7-13(11)19-14/h2,4,6,8,11,13-14,19H,1,3,5,7,9-10H2. The van der Waals surface area contributed by atoms with Crippen molar-refractivity contribution in [2.24, 2.45) is 5.92 Å². The molecule has 1 aliphatic heterocycles. The maximum atomic E-state index is 13.5. The van der Waals surface area contributed by atoms with Crippen LogP contribution >= 0.6 is 0 Å². The SMILES string of the molecule is Fc1ccccc1OCc1noc(C2CC3CCCCC3N2)n1. The Morgan fingerprint density at radius 2 is 2.13 bits per heavy atom. The molecule has 2 aromatic rings. The molecule has 2 aliphatic rings. The van der Waals surface area contributed by atoms with Crippen molar-refractivity contribution in [3.8, 4) is 5.75 Å². The predicted molar refractivity (Wildman–Crippen MR) is 81.3 cm³/mol. The lowest BCUT2D eigenvalue weighted by atomic mass is 9.85. The summed E-state index contributed by atoms with van der Waals surface area (Å²) in [7, 11) is 0. The van der Waals surface area contributed by atoms with Gasteiger partial charge in [-0.05, 0) is 37.3 Å². The van der Waals surface area contributed by atoms with Crippen molar-refractivity contribution in [3.63, 3.8) is 0 Å². The van der Waals surface area contributed by atoms with E-state index in [1.165, 1.54) is 31.7 Å². The number of aromatic nitrogens is 2. The molecule has 1 saturated carbocycles. The molecule has 0 radical (unpaired) electrons. The molecule has 0 bridgehead atoms. The minimum atomic E-state index is -0.391. The van der Waals surface area contributed by atoms with Crippen molar-refractivity contribution < 1.29 is 13.7 Å². The van der Waals surface area contributed by atoms with Crippen LogP contribution in [0.25, 0.3) is 0 Å². The summed E-state index contributed by atoms with van der Waals surface area (Å²) >= 11 is 0. The number of hydrogen-bond acceptors (Lipinski definition) is 5. The lowest BCUT2D eigenvalue weighted by Gasteiger charge is -2.24. The van der Waals surface area contributed by atoms with Crippen LogP contribution in [-0.4, -0.2) is 16.2 Å². The van der Waals surface area contributed by atoms with E-state index in [0.717, 1.165) is 12.3 Å². The monoisotopic (exact) mass is 317 g/mol. The van der Waals surface area contributed by atoms with E-state index < -0.39 is 5.82 Å². The Hall–Kier alpha value is -1.95. The average Bonchev–Trinajstić information content (AvgIpc) is 3.20. The van der Waals surface area contributed by atoms with E-state index >= 15 is 0 Å². The minimum absolute atomic E-state index is 0.101. The van der Waals surface area contributed by atoms with Crippen molar-refractivity contribution in [2.75, 3.05) is 0 Å². The van der Waals surface area contributed by atoms with E-state index in [4.69, 9.17) is 9.26 Å². The molecule has 1 aromatic heterocycles. The third-order valence-corrected chi connectivity index (χ3v) is 4.84. The molecule has 3 unspecified atom stereocenters. The molecule has 23 heavy (non-hydrogen) atoms. The predicted octanol–water partition coefficient (Wildman–Crippen LogP) is 3.38. The molecule has 0 spiro atoms. The second-order valence-electron chi connectivity index (χ2n) is 6.37. The summed E-state index contributed by atoms with van der Waals surface area (Å²) in [5.41, 5.74) is 0. The average molecular weight is 317 g/mol. The van der Waals surface area contributed by atoms with Gasteiger partial charge in [0.05, 0.1) is 6.04 Å².